The van der Waals surface area contributed by atoms with Gasteiger partial charge in [0.1, 0.15) is 5.01 Å². The van der Waals surface area contributed by atoms with Gasteiger partial charge in [-0.1, -0.05) is 47.7 Å². The molecule has 3 aromatic rings. The number of nitrogens with zero attached hydrogens (tertiary/aromatic N) is 3. The van der Waals surface area contributed by atoms with Crippen LogP contribution in [0.1, 0.15) is 39.1 Å². The zero-order chi connectivity index (χ0) is 20.9. The van der Waals surface area contributed by atoms with Gasteiger partial charge in [-0.15, -0.1) is 10.2 Å². The van der Waals surface area contributed by atoms with Crippen molar-refractivity contribution in [3.05, 3.63) is 70.2 Å². The summed E-state index contributed by atoms with van der Waals surface area (Å²) in [6, 6.07) is 17.0. The molecule has 2 aromatic carbocycles. The maximum Gasteiger partial charge on any atom is 0.321 e. The minimum absolute atomic E-state index is 0.0806. The number of urea groups is 1. The molecular formula is C22H23N5O2S. The Morgan fingerprint density at radius 3 is 2.40 bits per heavy atom. The number of amides is 3. The van der Waals surface area contributed by atoms with E-state index in [-0.39, 0.29) is 17.9 Å². The van der Waals surface area contributed by atoms with Crippen molar-refractivity contribution >= 4 is 34.6 Å². The highest BCUT2D eigenvalue weighted by Gasteiger charge is 2.27. The van der Waals surface area contributed by atoms with Gasteiger partial charge in [0.15, 0.2) is 0 Å². The van der Waals surface area contributed by atoms with E-state index in [4.69, 9.17) is 0 Å². The van der Waals surface area contributed by atoms with Gasteiger partial charge in [-0.05, 0) is 43.5 Å². The number of hydrogen-bond acceptors (Lipinski definition) is 5. The summed E-state index contributed by atoms with van der Waals surface area (Å²) in [6.07, 6.45) is 1.60. The van der Waals surface area contributed by atoms with Gasteiger partial charge >= 0.3 is 6.03 Å². The Bertz CT molecular complexity index is 1030. The number of hydrogen-bond donors (Lipinski definition) is 2. The highest BCUT2D eigenvalue weighted by molar-refractivity contribution is 7.13. The summed E-state index contributed by atoms with van der Waals surface area (Å²) in [7, 11) is 0. The molecule has 1 aromatic heterocycles. The highest BCUT2D eigenvalue weighted by Crippen LogP contribution is 2.30. The molecule has 1 fully saturated rings. The van der Waals surface area contributed by atoms with Crippen molar-refractivity contribution in [2.75, 3.05) is 23.7 Å². The Morgan fingerprint density at radius 2 is 1.67 bits per heavy atom. The van der Waals surface area contributed by atoms with E-state index < -0.39 is 0 Å². The number of aryl methyl sites for hydroxylation is 1. The third-order valence-corrected chi connectivity index (χ3v) is 6.27. The third-order valence-electron chi connectivity index (χ3n) is 5.18. The first-order valence-electron chi connectivity index (χ1n) is 9.91. The molecule has 3 amide bonds. The molecule has 0 unspecified atom stereocenters. The molecule has 0 aliphatic carbocycles. The van der Waals surface area contributed by atoms with Gasteiger partial charge in [-0.2, -0.15) is 0 Å². The molecule has 2 N–H and O–H groups in total. The Labute approximate surface area is 179 Å². The normalized spacial score (nSPS) is 14.4. The number of carbonyl (C=O) groups is 2. The van der Waals surface area contributed by atoms with Gasteiger partial charge in [0, 0.05) is 30.4 Å². The average Bonchev–Trinajstić information content (AvgIpc) is 3.27. The second kappa shape index (κ2) is 9.04. The Balaban J connectivity index is 1.32. The SMILES string of the molecule is Cc1ccccc1NC(=O)N1CCC(c2nnc(C(=O)Nc3ccccc3)s2)CC1. The Morgan fingerprint density at radius 1 is 0.967 bits per heavy atom. The number of carbonyl (C=O) groups excluding carboxylic acids is 2. The van der Waals surface area contributed by atoms with Gasteiger partial charge in [0.2, 0.25) is 5.01 Å². The minimum Gasteiger partial charge on any atom is -0.324 e. The molecule has 0 saturated carbocycles. The van der Waals surface area contributed by atoms with Crippen LogP contribution in [0.15, 0.2) is 54.6 Å². The van der Waals surface area contributed by atoms with E-state index in [1.54, 1.807) is 0 Å². The van der Waals surface area contributed by atoms with Gasteiger partial charge in [0.05, 0.1) is 0 Å². The van der Waals surface area contributed by atoms with Crippen LogP contribution in [-0.4, -0.2) is 40.1 Å². The molecule has 7 nitrogen and oxygen atoms in total. The zero-order valence-electron chi connectivity index (χ0n) is 16.7. The van der Waals surface area contributed by atoms with Crippen molar-refractivity contribution in [1.29, 1.82) is 0 Å². The number of nitrogens with one attached hydrogen (secondary N) is 2. The fraction of sp³-hybridized carbons (Fsp3) is 0.273. The molecule has 154 valence electrons. The lowest BCUT2D eigenvalue weighted by Gasteiger charge is -2.31. The summed E-state index contributed by atoms with van der Waals surface area (Å²) in [4.78, 5) is 26.8. The first-order chi connectivity index (χ1) is 14.6. The molecule has 1 aliphatic heterocycles. The first kappa shape index (κ1) is 20.0. The Kier molecular flexibility index (Phi) is 6.04. The molecule has 8 heteroatoms. The fourth-order valence-corrected chi connectivity index (χ4v) is 4.34. The van der Waals surface area contributed by atoms with Crippen LogP contribution in [0.3, 0.4) is 0 Å². The van der Waals surface area contributed by atoms with Crippen LogP contribution in [0.4, 0.5) is 16.2 Å². The van der Waals surface area contributed by atoms with Crippen molar-refractivity contribution in [3.63, 3.8) is 0 Å². The lowest BCUT2D eigenvalue weighted by molar-refractivity contribution is 0.102. The molecule has 0 atom stereocenters. The summed E-state index contributed by atoms with van der Waals surface area (Å²) in [5.74, 6) is -0.0386. The third kappa shape index (κ3) is 4.65. The second-order valence-corrected chi connectivity index (χ2v) is 8.28. The number of rotatable bonds is 4. The van der Waals surface area contributed by atoms with Crippen LogP contribution in [0.25, 0.3) is 0 Å². The molecule has 0 spiro atoms. The number of likely N-dealkylation sites (tertiary alicyclic amines) is 1. The standard InChI is InChI=1S/C22H23N5O2S/c1-15-7-5-6-10-18(15)24-22(29)27-13-11-16(12-14-27)20-25-26-21(30-20)19(28)23-17-8-3-2-4-9-17/h2-10,16H,11-14H2,1H3,(H,23,28)(H,24,29). The summed E-state index contributed by atoms with van der Waals surface area (Å²) in [5.41, 5.74) is 2.60. The molecule has 0 radical (unpaired) electrons. The average molecular weight is 422 g/mol. The van der Waals surface area contributed by atoms with E-state index in [0.29, 0.717) is 18.1 Å². The number of piperidine rings is 1. The molecular weight excluding hydrogens is 398 g/mol. The predicted octanol–water partition coefficient (Wildman–Crippen LogP) is 4.51. The largest absolute Gasteiger partial charge is 0.324 e. The van der Waals surface area contributed by atoms with Crippen LogP contribution < -0.4 is 10.6 Å². The number of para-hydroxylation sites is 2. The monoisotopic (exact) mass is 421 g/mol. The summed E-state index contributed by atoms with van der Waals surface area (Å²) in [5, 5.41) is 15.3. The zero-order valence-corrected chi connectivity index (χ0v) is 17.5. The Hall–Kier alpha value is -3.26. The number of anilines is 2. The lowest BCUT2D eigenvalue weighted by Crippen LogP contribution is -2.40. The molecule has 30 heavy (non-hydrogen) atoms. The lowest BCUT2D eigenvalue weighted by atomic mass is 9.98. The van der Waals surface area contributed by atoms with Crippen molar-refractivity contribution in [2.24, 2.45) is 0 Å². The first-order valence-corrected chi connectivity index (χ1v) is 10.7. The van der Waals surface area contributed by atoms with Crippen molar-refractivity contribution < 1.29 is 9.59 Å². The molecule has 4 rings (SSSR count). The van der Waals surface area contributed by atoms with E-state index in [1.807, 2.05) is 66.4 Å². The van der Waals surface area contributed by atoms with Crippen LogP contribution >= 0.6 is 11.3 Å². The quantitative estimate of drug-likeness (QED) is 0.649. The van der Waals surface area contributed by atoms with Crippen LogP contribution in [0.5, 0.6) is 0 Å². The van der Waals surface area contributed by atoms with Crippen molar-refractivity contribution in [1.82, 2.24) is 15.1 Å². The number of benzene rings is 2. The molecule has 2 heterocycles. The molecule has 0 bridgehead atoms. The molecule has 1 saturated heterocycles. The maximum atomic E-state index is 12.6. The predicted molar refractivity (Wildman–Crippen MR) is 118 cm³/mol. The summed E-state index contributed by atoms with van der Waals surface area (Å²) >= 11 is 1.33. The van der Waals surface area contributed by atoms with Crippen molar-refractivity contribution in [2.45, 2.75) is 25.7 Å². The maximum absolute atomic E-state index is 12.6. The van der Waals surface area contributed by atoms with Crippen LogP contribution in [0, 0.1) is 6.92 Å². The van der Waals surface area contributed by atoms with E-state index in [2.05, 4.69) is 20.8 Å². The van der Waals surface area contributed by atoms with E-state index >= 15 is 0 Å². The summed E-state index contributed by atoms with van der Waals surface area (Å²) < 4.78 is 0. The highest BCUT2D eigenvalue weighted by atomic mass is 32.1. The smallest absolute Gasteiger partial charge is 0.321 e. The van der Waals surface area contributed by atoms with Gasteiger partial charge in [-0.25, -0.2) is 4.79 Å². The van der Waals surface area contributed by atoms with E-state index in [1.165, 1.54) is 11.3 Å². The summed E-state index contributed by atoms with van der Waals surface area (Å²) in [6.45, 7) is 3.27. The van der Waals surface area contributed by atoms with E-state index in [0.717, 1.165) is 34.8 Å². The van der Waals surface area contributed by atoms with Gasteiger partial charge < -0.3 is 15.5 Å². The minimum atomic E-state index is -0.250. The number of aromatic nitrogens is 2. The topological polar surface area (TPSA) is 87.2 Å². The molecule has 1 aliphatic rings. The van der Waals surface area contributed by atoms with Crippen molar-refractivity contribution in [3.8, 4) is 0 Å². The van der Waals surface area contributed by atoms with Crippen LogP contribution in [-0.2, 0) is 0 Å². The second-order valence-electron chi connectivity index (χ2n) is 7.27. The van der Waals surface area contributed by atoms with Gasteiger partial charge in [0.25, 0.3) is 5.91 Å². The van der Waals surface area contributed by atoms with E-state index in [9.17, 15) is 9.59 Å². The van der Waals surface area contributed by atoms with Gasteiger partial charge in [-0.3, -0.25) is 4.79 Å². The van der Waals surface area contributed by atoms with Crippen LogP contribution in [0.2, 0.25) is 0 Å². The fourth-order valence-electron chi connectivity index (χ4n) is 3.43.